The number of morpholine rings is 1. The maximum Gasteiger partial charge on any atom is 0.317 e. The number of carbonyl (C=O) groups excluding carboxylic acids is 1. The highest BCUT2D eigenvalue weighted by Gasteiger charge is 2.32. The van der Waals surface area contributed by atoms with Crippen molar-refractivity contribution in [2.45, 2.75) is 25.4 Å². The molecule has 1 aromatic carbocycles. The zero-order valence-electron chi connectivity index (χ0n) is 16.6. The third-order valence-electron chi connectivity index (χ3n) is 5.48. The van der Waals surface area contributed by atoms with Crippen molar-refractivity contribution in [2.75, 3.05) is 39.8 Å². The monoisotopic (exact) mass is 398 g/mol. The number of benzene rings is 1. The molecule has 0 radical (unpaired) electrons. The van der Waals surface area contributed by atoms with E-state index in [0.717, 1.165) is 36.2 Å². The molecular formula is C21H26N4O4. The number of likely N-dealkylation sites (N-methyl/N-ethyl adjacent to an activating group) is 1. The van der Waals surface area contributed by atoms with E-state index in [4.69, 9.17) is 14.9 Å². The summed E-state index contributed by atoms with van der Waals surface area (Å²) >= 11 is 0. The van der Waals surface area contributed by atoms with E-state index in [9.17, 15) is 9.59 Å². The van der Waals surface area contributed by atoms with E-state index in [1.54, 1.807) is 16.8 Å². The Morgan fingerprint density at radius 1 is 1.28 bits per heavy atom. The van der Waals surface area contributed by atoms with Crippen LogP contribution in [0.1, 0.15) is 28.2 Å². The summed E-state index contributed by atoms with van der Waals surface area (Å²) in [4.78, 5) is 27.7. The topological polar surface area (TPSA) is 87.9 Å². The van der Waals surface area contributed by atoms with Gasteiger partial charge in [0.1, 0.15) is 0 Å². The molecule has 1 aliphatic carbocycles. The van der Waals surface area contributed by atoms with Crippen molar-refractivity contribution in [3.63, 3.8) is 0 Å². The minimum atomic E-state index is -0.877. The van der Waals surface area contributed by atoms with Gasteiger partial charge in [-0.1, -0.05) is 18.2 Å². The van der Waals surface area contributed by atoms with Crippen molar-refractivity contribution in [3.05, 3.63) is 47.3 Å². The number of carboxylic acids is 1. The van der Waals surface area contributed by atoms with Gasteiger partial charge in [0.25, 0.3) is 5.91 Å². The lowest BCUT2D eigenvalue weighted by atomic mass is 10.1. The third-order valence-corrected chi connectivity index (χ3v) is 5.48. The molecule has 1 unspecified atom stereocenters. The largest absolute Gasteiger partial charge is 0.480 e. The maximum absolute atomic E-state index is 13.3. The second-order valence-corrected chi connectivity index (χ2v) is 7.71. The Kier molecular flexibility index (Phi) is 5.64. The number of fused-ring (bicyclic) bond motifs is 1. The number of aromatic nitrogens is 2. The summed E-state index contributed by atoms with van der Waals surface area (Å²) in [6.45, 7) is 1.81. The molecule has 2 aliphatic rings. The van der Waals surface area contributed by atoms with Gasteiger partial charge in [-0.3, -0.25) is 14.5 Å². The number of para-hydroxylation sites is 1. The lowest BCUT2D eigenvalue weighted by Crippen LogP contribution is -2.49. The van der Waals surface area contributed by atoms with Crippen LogP contribution >= 0.6 is 0 Å². The summed E-state index contributed by atoms with van der Waals surface area (Å²) in [6.07, 6.45) is 2.63. The smallest absolute Gasteiger partial charge is 0.317 e. The number of carboxylic acid groups (broad SMARTS) is 1. The highest BCUT2D eigenvalue weighted by molar-refractivity contribution is 5.94. The van der Waals surface area contributed by atoms with Crippen molar-refractivity contribution in [3.8, 4) is 5.69 Å². The normalized spacial score (nSPS) is 18.8. The van der Waals surface area contributed by atoms with Gasteiger partial charge in [0.05, 0.1) is 24.9 Å². The van der Waals surface area contributed by atoms with Gasteiger partial charge < -0.3 is 14.7 Å². The summed E-state index contributed by atoms with van der Waals surface area (Å²) in [6, 6.07) is 9.92. The van der Waals surface area contributed by atoms with Crippen LogP contribution in [-0.4, -0.2) is 82.5 Å². The van der Waals surface area contributed by atoms with Gasteiger partial charge in [-0.25, -0.2) is 4.68 Å². The average molecular weight is 398 g/mol. The number of amides is 1. The second-order valence-electron chi connectivity index (χ2n) is 7.71. The highest BCUT2D eigenvalue weighted by Crippen LogP contribution is 2.29. The first kappa shape index (κ1) is 19.6. The number of rotatable bonds is 6. The molecule has 4 rings (SSSR count). The van der Waals surface area contributed by atoms with Gasteiger partial charge in [0.15, 0.2) is 5.69 Å². The number of aliphatic carboxylic acids is 1. The average Bonchev–Trinajstić information content (AvgIpc) is 3.30. The molecule has 154 valence electrons. The summed E-state index contributed by atoms with van der Waals surface area (Å²) in [5.74, 6) is -0.940. The van der Waals surface area contributed by atoms with Gasteiger partial charge in [-0.2, -0.15) is 5.10 Å². The predicted molar refractivity (Wildman–Crippen MR) is 106 cm³/mol. The number of hydrogen-bond donors (Lipinski definition) is 1. The quantitative estimate of drug-likeness (QED) is 0.787. The van der Waals surface area contributed by atoms with E-state index in [-0.39, 0.29) is 18.6 Å². The van der Waals surface area contributed by atoms with Crippen LogP contribution in [0.25, 0.3) is 5.69 Å². The number of ether oxygens (including phenoxy) is 1. The molecule has 29 heavy (non-hydrogen) atoms. The van der Waals surface area contributed by atoms with Crippen LogP contribution in [0.2, 0.25) is 0 Å². The molecule has 1 saturated heterocycles. The standard InChI is InChI=1S/C21H26N4O4/c1-23(14-19(26)27)12-16-13-24(10-11-29-16)21(28)20-17-8-5-9-18(17)25(22-20)15-6-3-2-4-7-15/h2-4,6-7,16H,5,8-14H2,1H3,(H,26,27). The van der Waals surface area contributed by atoms with Gasteiger partial charge in [0.2, 0.25) is 0 Å². The predicted octanol–water partition coefficient (Wildman–Crippen LogP) is 1.22. The first-order valence-corrected chi connectivity index (χ1v) is 10.0. The van der Waals surface area contributed by atoms with Crippen molar-refractivity contribution in [2.24, 2.45) is 0 Å². The fraction of sp³-hybridized carbons (Fsp3) is 0.476. The van der Waals surface area contributed by atoms with Crippen LogP contribution in [0.15, 0.2) is 30.3 Å². The molecule has 8 heteroatoms. The molecule has 1 amide bonds. The lowest BCUT2D eigenvalue weighted by Gasteiger charge is -2.34. The zero-order valence-corrected chi connectivity index (χ0v) is 16.6. The molecule has 2 aromatic rings. The van der Waals surface area contributed by atoms with Crippen LogP contribution in [-0.2, 0) is 22.4 Å². The van der Waals surface area contributed by atoms with Crippen molar-refractivity contribution in [1.82, 2.24) is 19.6 Å². The molecular weight excluding hydrogens is 372 g/mol. The first-order valence-electron chi connectivity index (χ1n) is 10.0. The Morgan fingerprint density at radius 3 is 2.83 bits per heavy atom. The van der Waals surface area contributed by atoms with E-state index in [0.29, 0.717) is 31.9 Å². The van der Waals surface area contributed by atoms with Crippen LogP contribution in [0.3, 0.4) is 0 Å². The van der Waals surface area contributed by atoms with Gasteiger partial charge in [-0.05, 0) is 38.4 Å². The molecule has 0 bridgehead atoms. The van der Waals surface area contributed by atoms with Crippen molar-refractivity contribution >= 4 is 11.9 Å². The molecule has 0 spiro atoms. The number of nitrogens with zero attached hydrogens (tertiary/aromatic N) is 4. The molecule has 1 atom stereocenters. The van der Waals surface area contributed by atoms with Gasteiger partial charge in [0, 0.05) is 30.9 Å². The van der Waals surface area contributed by atoms with Crippen molar-refractivity contribution < 1.29 is 19.4 Å². The third kappa shape index (κ3) is 4.18. The van der Waals surface area contributed by atoms with Gasteiger partial charge >= 0.3 is 5.97 Å². The Bertz CT molecular complexity index is 896. The minimum Gasteiger partial charge on any atom is -0.480 e. The fourth-order valence-corrected chi connectivity index (χ4v) is 4.20. The molecule has 0 saturated carbocycles. The fourth-order valence-electron chi connectivity index (χ4n) is 4.20. The van der Waals surface area contributed by atoms with Crippen LogP contribution < -0.4 is 0 Å². The van der Waals surface area contributed by atoms with Crippen LogP contribution in [0, 0.1) is 0 Å². The van der Waals surface area contributed by atoms with Crippen LogP contribution in [0.5, 0.6) is 0 Å². The molecule has 2 heterocycles. The van der Waals surface area contributed by atoms with E-state index in [1.165, 1.54) is 0 Å². The molecule has 1 N–H and O–H groups in total. The number of carbonyl (C=O) groups is 2. The van der Waals surface area contributed by atoms with E-state index < -0.39 is 5.97 Å². The Balaban J connectivity index is 1.52. The van der Waals surface area contributed by atoms with Crippen LogP contribution in [0.4, 0.5) is 0 Å². The molecule has 1 aliphatic heterocycles. The molecule has 1 aromatic heterocycles. The highest BCUT2D eigenvalue weighted by atomic mass is 16.5. The zero-order chi connectivity index (χ0) is 20.4. The summed E-state index contributed by atoms with van der Waals surface area (Å²) in [7, 11) is 1.74. The lowest BCUT2D eigenvalue weighted by molar-refractivity contribution is -0.138. The SMILES string of the molecule is CN(CC(=O)O)CC1CN(C(=O)c2nn(-c3ccccc3)c3c2CCC3)CCO1. The maximum atomic E-state index is 13.3. The summed E-state index contributed by atoms with van der Waals surface area (Å²) in [5, 5.41) is 13.6. The van der Waals surface area contributed by atoms with Gasteiger partial charge in [-0.15, -0.1) is 0 Å². The first-order chi connectivity index (χ1) is 14.0. The Labute approximate surface area is 169 Å². The molecule has 8 nitrogen and oxygen atoms in total. The van der Waals surface area contributed by atoms with E-state index >= 15 is 0 Å². The minimum absolute atomic E-state index is 0.0528. The Hall–Kier alpha value is -2.71. The molecule has 1 fully saturated rings. The van der Waals surface area contributed by atoms with Crippen molar-refractivity contribution in [1.29, 1.82) is 0 Å². The van der Waals surface area contributed by atoms with E-state index in [1.807, 2.05) is 35.0 Å². The Morgan fingerprint density at radius 2 is 2.07 bits per heavy atom. The summed E-state index contributed by atoms with van der Waals surface area (Å²) < 4.78 is 7.67. The number of hydrogen-bond acceptors (Lipinski definition) is 5. The second kappa shape index (κ2) is 8.34. The van der Waals surface area contributed by atoms with E-state index in [2.05, 4.69) is 0 Å². The summed E-state index contributed by atoms with van der Waals surface area (Å²) in [5.41, 5.74) is 3.70.